The summed E-state index contributed by atoms with van der Waals surface area (Å²) in [6.45, 7) is 10.2. The zero-order valence-corrected chi connectivity index (χ0v) is 33.3. The lowest BCUT2D eigenvalue weighted by Crippen LogP contribution is -2.72. The molecule has 6 heterocycles. The highest BCUT2D eigenvalue weighted by atomic mass is 35.5. The molecule has 0 aromatic heterocycles. The van der Waals surface area contributed by atoms with E-state index in [0.29, 0.717) is 57.4 Å². The Balaban J connectivity index is 0.699. The lowest BCUT2D eigenvalue weighted by Gasteiger charge is -2.61. The number of fused-ring (bicyclic) bond motifs is 1. The number of hydrogen-bond acceptors (Lipinski definition) is 10. The van der Waals surface area contributed by atoms with Crippen LogP contribution < -0.4 is 19.9 Å². The van der Waals surface area contributed by atoms with E-state index in [-0.39, 0.29) is 30.8 Å². The first-order chi connectivity index (χ1) is 28.0. The van der Waals surface area contributed by atoms with Crippen LogP contribution in [0.1, 0.15) is 80.7 Å². The molecular weight excluding hydrogens is 758 g/mol. The van der Waals surface area contributed by atoms with Gasteiger partial charge in [-0.2, -0.15) is 5.26 Å². The second-order valence-electron chi connectivity index (χ2n) is 17.0. The number of imide groups is 2. The number of benzene rings is 3. The van der Waals surface area contributed by atoms with Gasteiger partial charge < -0.3 is 24.3 Å². The normalized spacial score (nSPS) is 22.4. The molecule has 5 fully saturated rings. The van der Waals surface area contributed by atoms with Gasteiger partial charge in [-0.3, -0.25) is 34.2 Å². The van der Waals surface area contributed by atoms with Gasteiger partial charge in [-0.1, -0.05) is 11.6 Å². The Kier molecular flexibility index (Phi) is 9.88. The second kappa shape index (κ2) is 15.1. The van der Waals surface area contributed by atoms with Crippen LogP contribution >= 0.6 is 11.6 Å². The molecule has 1 unspecified atom stereocenters. The van der Waals surface area contributed by atoms with E-state index < -0.39 is 23.8 Å². The maximum atomic E-state index is 13.4. The third kappa shape index (κ3) is 6.96. The molecule has 9 rings (SSSR count). The van der Waals surface area contributed by atoms with Crippen LogP contribution in [0, 0.1) is 29.6 Å². The van der Waals surface area contributed by atoms with Gasteiger partial charge >= 0.3 is 0 Å². The molecule has 0 saturated carbocycles. The van der Waals surface area contributed by atoms with E-state index >= 15 is 0 Å². The molecule has 0 radical (unpaired) electrons. The Hall–Kier alpha value is -5.45. The first-order valence-corrected chi connectivity index (χ1v) is 20.7. The van der Waals surface area contributed by atoms with Crippen LogP contribution in [0.4, 0.5) is 11.4 Å². The van der Waals surface area contributed by atoms with Crippen LogP contribution in [-0.4, -0.2) is 115 Å². The summed E-state index contributed by atoms with van der Waals surface area (Å²) < 4.78 is 6.22. The lowest BCUT2D eigenvalue weighted by molar-refractivity contribution is -0.136. The van der Waals surface area contributed by atoms with Gasteiger partial charge in [-0.15, -0.1) is 0 Å². The van der Waals surface area contributed by atoms with Crippen LogP contribution in [0.3, 0.4) is 0 Å². The third-order valence-corrected chi connectivity index (χ3v) is 13.5. The van der Waals surface area contributed by atoms with E-state index in [0.717, 1.165) is 93.3 Å². The van der Waals surface area contributed by atoms with E-state index in [4.69, 9.17) is 16.3 Å². The van der Waals surface area contributed by atoms with Gasteiger partial charge in [0, 0.05) is 106 Å². The summed E-state index contributed by atoms with van der Waals surface area (Å²) in [5.74, 6) is -0.620. The maximum Gasteiger partial charge on any atom is 0.262 e. The van der Waals surface area contributed by atoms with E-state index in [2.05, 4.69) is 38.2 Å². The van der Waals surface area contributed by atoms with Crippen LogP contribution in [-0.2, 0) is 9.59 Å². The van der Waals surface area contributed by atoms with Crippen LogP contribution in [0.2, 0.25) is 5.02 Å². The largest absolute Gasteiger partial charge is 0.490 e. The fourth-order valence-corrected chi connectivity index (χ4v) is 10.0. The first kappa shape index (κ1) is 38.1. The maximum absolute atomic E-state index is 13.4. The Labute approximate surface area is 342 Å². The third-order valence-electron chi connectivity index (χ3n) is 13.0. The fourth-order valence-electron chi connectivity index (χ4n) is 9.81. The van der Waals surface area contributed by atoms with Crippen LogP contribution in [0.25, 0.3) is 0 Å². The number of likely N-dealkylation sites (tertiary alicyclic amines) is 2. The van der Waals surface area contributed by atoms with E-state index in [1.54, 1.807) is 24.3 Å². The van der Waals surface area contributed by atoms with Gasteiger partial charge in [0.05, 0.1) is 21.7 Å². The number of anilines is 2. The van der Waals surface area contributed by atoms with Gasteiger partial charge in [0.2, 0.25) is 11.8 Å². The molecule has 1 spiro atoms. The first-order valence-electron chi connectivity index (χ1n) is 20.3. The standard InChI is InChI=1S/C44H46ClN7O6/c1-27-37(10-4-30(21-46)39(27)45)58-33-14-18-50(19-15-33)41(55)29-2-5-31(6-3-29)51-25-44(26-51)23-48(24-44)22-28-12-16-49(17-13-28)32-7-8-34-35(20-32)43(57)52(42(34)56)36-9-11-38(53)47-40(36)54/h2-8,10,20,28,33,36H,9,11-19,22-26H2,1H3,(H,47,53,54). The zero-order valence-electron chi connectivity index (χ0n) is 32.5. The quantitative estimate of drug-likeness (QED) is 0.320. The molecule has 13 nitrogen and oxygen atoms in total. The molecule has 14 heteroatoms. The molecule has 5 amide bonds. The summed E-state index contributed by atoms with van der Waals surface area (Å²) in [7, 11) is 0. The Morgan fingerprint density at radius 1 is 0.845 bits per heavy atom. The number of rotatable bonds is 8. The predicted octanol–water partition coefficient (Wildman–Crippen LogP) is 4.64. The van der Waals surface area contributed by atoms with Crippen molar-refractivity contribution in [1.82, 2.24) is 20.0 Å². The van der Waals surface area contributed by atoms with Gasteiger partial charge in [-0.25, -0.2) is 0 Å². The number of amides is 5. The highest BCUT2D eigenvalue weighted by Gasteiger charge is 2.52. The predicted molar refractivity (Wildman–Crippen MR) is 216 cm³/mol. The summed E-state index contributed by atoms with van der Waals surface area (Å²) in [4.78, 5) is 74.0. The molecule has 1 atom stereocenters. The molecule has 6 aliphatic rings. The number of nitriles is 1. The van der Waals surface area contributed by atoms with Crippen LogP contribution in [0.15, 0.2) is 54.6 Å². The second-order valence-corrected chi connectivity index (χ2v) is 17.3. The summed E-state index contributed by atoms with van der Waals surface area (Å²) in [5.41, 5.74) is 4.91. The number of hydrogen-bond donors (Lipinski definition) is 1. The van der Waals surface area contributed by atoms with Crippen molar-refractivity contribution in [3.05, 3.63) is 87.4 Å². The average Bonchev–Trinajstić information content (AvgIpc) is 3.45. The number of carbonyl (C=O) groups excluding carboxylic acids is 5. The average molecular weight is 804 g/mol. The van der Waals surface area contributed by atoms with Crippen molar-refractivity contribution in [1.29, 1.82) is 5.26 Å². The minimum atomic E-state index is -0.964. The van der Waals surface area contributed by atoms with E-state index in [1.165, 1.54) is 0 Å². The number of carbonyl (C=O) groups is 5. The van der Waals surface area contributed by atoms with E-state index in [9.17, 15) is 29.2 Å². The van der Waals surface area contributed by atoms with Crippen LogP contribution in [0.5, 0.6) is 5.75 Å². The Morgan fingerprint density at radius 2 is 1.53 bits per heavy atom. The van der Waals surface area contributed by atoms with Crippen molar-refractivity contribution in [3.63, 3.8) is 0 Å². The number of ether oxygens (including phenoxy) is 1. The molecular formula is C44H46ClN7O6. The topological polar surface area (TPSA) is 147 Å². The molecule has 6 aliphatic heterocycles. The minimum Gasteiger partial charge on any atom is -0.490 e. The monoisotopic (exact) mass is 803 g/mol. The van der Waals surface area contributed by atoms with Gasteiger partial charge in [0.15, 0.2) is 0 Å². The number of piperidine rings is 3. The highest BCUT2D eigenvalue weighted by molar-refractivity contribution is 6.32. The number of nitrogens with zero attached hydrogens (tertiary/aromatic N) is 6. The summed E-state index contributed by atoms with van der Waals surface area (Å²) in [6, 6.07) is 18.0. The summed E-state index contributed by atoms with van der Waals surface area (Å²) >= 11 is 6.32. The Morgan fingerprint density at radius 3 is 2.22 bits per heavy atom. The van der Waals surface area contributed by atoms with E-state index in [1.807, 2.05) is 30.0 Å². The molecule has 5 saturated heterocycles. The molecule has 1 N–H and O–H groups in total. The Bertz CT molecular complexity index is 2230. The fraction of sp³-hybridized carbons (Fsp3) is 0.455. The molecule has 3 aromatic carbocycles. The SMILES string of the molecule is Cc1c(OC2CCN(C(=O)c3ccc(N4CC5(CN(CC6CCN(c7ccc8c(c7)C(=O)N(C7CCC(=O)NC7=O)C8=O)CC6)C5)C4)cc3)CC2)ccc(C#N)c1Cl. The molecule has 58 heavy (non-hydrogen) atoms. The van der Waals surface area contributed by atoms with Gasteiger partial charge in [0.25, 0.3) is 17.7 Å². The van der Waals surface area contributed by atoms with Gasteiger partial charge in [-0.05, 0) is 86.7 Å². The van der Waals surface area contributed by atoms with Crippen molar-refractivity contribution in [2.75, 3.05) is 68.7 Å². The van der Waals surface area contributed by atoms with Crippen molar-refractivity contribution in [3.8, 4) is 11.8 Å². The zero-order chi connectivity index (χ0) is 40.3. The number of nitrogens with one attached hydrogen (secondary N) is 1. The smallest absolute Gasteiger partial charge is 0.262 e. The minimum absolute atomic E-state index is 0.0162. The molecule has 0 aliphatic carbocycles. The number of halogens is 1. The summed E-state index contributed by atoms with van der Waals surface area (Å²) in [5, 5.41) is 11.9. The molecule has 300 valence electrons. The van der Waals surface area contributed by atoms with Crippen molar-refractivity contribution >= 4 is 52.5 Å². The lowest BCUT2D eigenvalue weighted by atomic mass is 9.72. The molecule has 3 aromatic rings. The highest BCUT2D eigenvalue weighted by Crippen LogP contribution is 2.43. The summed E-state index contributed by atoms with van der Waals surface area (Å²) in [6.07, 6.45) is 3.78. The van der Waals surface area contributed by atoms with Crippen molar-refractivity contribution < 1.29 is 28.7 Å². The van der Waals surface area contributed by atoms with Gasteiger partial charge in [0.1, 0.15) is 24.0 Å². The molecule has 0 bridgehead atoms. The van der Waals surface area contributed by atoms with Crippen molar-refractivity contribution in [2.24, 2.45) is 11.3 Å². The van der Waals surface area contributed by atoms with Crippen molar-refractivity contribution in [2.45, 2.75) is 57.6 Å².